The molecule has 6 heteroatoms. The van der Waals surface area contributed by atoms with Crippen molar-refractivity contribution < 1.29 is 4.42 Å². The summed E-state index contributed by atoms with van der Waals surface area (Å²) in [7, 11) is 0. The van der Waals surface area contributed by atoms with Crippen LogP contribution < -0.4 is 5.73 Å². The number of amidine groups is 1. The standard InChI is InChI=1S/C11H8Cl2N2O.ClH/c12-7-2-1-6(5-8(7)13)9-3-4-10(16-9)11(14)15;/h1-5H,(H3,14,15);1H. The van der Waals surface area contributed by atoms with Crippen LogP contribution in [0.2, 0.25) is 10.0 Å². The number of furan rings is 1. The molecule has 0 spiro atoms. The van der Waals surface area contributed by atoms with Crippen LogP contribution in [0.5, 0.6) is 0 Å². The van der Waals surface area contributed by atoms with Gasteiger partial charge in [-0.15, -0.1) is 12.4 Å². The van der Waals surface area contributed by atoms with Gasteiger partial charge in [-0.05, 0) is 30.3 Å². The lowest BCUT2D eigenvalue weighted by atomic mass is 10.2. The monoisotopic (exact) mass is 290 g/mol. The summed E-state index contributed by atoms with van der Waals surface area (Å²) in [6.07, 6.45) is 0. The molecule has 0 aliphatic heterocycles. The molecule has 1 heterocycles. The van der Waals surface area contributed by atoms with Gasteiger partial charge in [-0.1, -0.05) is 23.2 Å². The largest absolute Gasteiger partial charge is 0.453 e. The van der Waals surface area contributed by atoms with Gasteiger partial charge in [0.2, 0.25) is 0 Å². The Hall–Kier alpha value is -1.16. The van der Waals surface area contributed by atoms with Gasteiger partial charge in [-0.3, -0.25) is 5.41 Å². The van der Waals surface area contributed by atoms with Crippen molar-refractivity contribution in [3.05, 3.63) is 46.1 Å². The molecule has 1 aromatic heterocycles. The molecule has 2 aromatic rings. The molecule has 3 nitrogen and oxygen atoms in total. The predicted octanol–water partition coefficient (Wildman–Crippen LogP) is 3.96. The lowest BCUT2D eigenvalue weighted by molar-refractivity contribution is 0.571. The minimum atomic E-state index is -0.105. The summed E-state index contributed by atoms with van der Waals surface area (Å²) in [6.45, 7) is 0. The highest BCUT2D eigenvalue weighted by Crippen LogP contribution is 2.29. The maximum Gasteiger partial charge on any atom is 0.168 e. The van der Waals surface area contributed by atoms with Crippen molar-refractivity contribution >= 4 is 41.4 Å². The second-order valence-corrected chi connectivity index (χ2v) is 4.02. The van der Waals surface area contributed by atoms with E-state index in [4.69, 9.17) is 38.8 Å². The number of halogens is 3. The van der Waals surface area contributed by atoms with Crippen LogP contribution in [-0.4, -0.2) is 5.84 Å². The maximum absolute atomic E-state index is 7.22. The summed E-state index contributed by atoms with van der Waals surface area (Å²) in [6, 6.07) is 8.55. The Morgan fingerprint density at radius 3 is 2.35 bits per heavy atom. The normalized spacial score (nSPS) is 9.76. The average molecular weight is 292 g/mol. The van der Waals surface area contributed by atoms with Gasteiger partial charge < -0.3 is 10.2 Å². The first-order chi connectivity index (χ1) is 7.58. The molecule has 17 heavy (non-hydrogen) atoms. The number of hydrogen-bond acceptors (Lipinski definition) is 2. The van der Waals surface area contributed by atoms with Gasteiger partial charge in [0.05, 0.1) is 10.0 Å². The van der Waals surface area contributed by atoms with Crippen LogP contribution >= 0.6 is 35.6 Å². The van der Waals surface area contributed by atoms with Crippen molar-refractivity contribution in [1.82, 2.24) is 0 Å². The highest BCUT2D eigenvalue weighted by atomic mass is 35.5. The fourth-order valence-electron chi connectivity index (χ4n) is 1.29. The SMILES string of the molecule is Cl.N=C(N)c1ccc(-c2ccc(Cl)c(Cl)c2)o1. The number of nitrogens with two attached hydrogens (primary N) is 1. The number of benzene rings is 1. The summed E-state index contributed by atoms with van der Waals surface area (Å²) >= 11 is 11.7. The smallest absolute Gasteiger partial charge is 0.168 e. The summed E-state index contributed by atoms with van der Waals surface area (Å²) in [5.74, 6) is 0.830. The number of nitrogen functional groups attached to an aromatic ring is 1. The van der Waals surface area contributed by atoms with Gasteiger partial charge in [0.25, 0.3) is 0 Å². The van der Waals surface area contributed by atoms with Gasteiger partial charge in [0.15, 0.2) is 11.6 Å². The summed E-state index contributed by atoms with van der Waals surface area (Å²) < 4.78 is 5.37. The third kappa shape index (κ3) is 2.94. The van der Waals surface area contributed by atoms with Crippen LogP contribution in [0.3, 0.4) is 0 Å². The Labute approximate surface area is 114 Å². The van der Waals surface area contributed by atoms with Crippen LogP contribution in [0.4, 0.5) is 0 Å². The molecule has 0 unspecified atom stereocenters. The Bertz CT molecular complexity index is 551. The van der Waals surface area contributed by atoms with Crippen molar-refractivity contribution in [2.24, 2.45) is 5.73 Å². The van der Waals surface area contributed by atoms with Crippen molar-refractivity contribution in [2.75, 3.05) is 0 Å². The van der Waals surface area contributed by atoms with E-state index in [0.29, 0.717) is 21.6 Å². The topological polar surface area (TPSA) is 63.0 Å². The van der Waals surface area contributed by atoms with Crippen LogP contribution in [0.1, 0.15) is 5.76 Å². The lowest BCUT2D eigenvalue weighted by Crippen LogP contribution is -2.09. The summed E-state index contributed by atoms with van der Waals surface area (Å²) in [5.41, 5.74) is 6.09. The summed E-state index contributed by atoms with van der Waals surface area (Å²) in [4.78, 5) is 0. The van der Waals surface area contributed by atoms with Crippen LogP contribution in [-0.2, 0) is 0 Å². The molecule has 0 saturated heterocycles. The van der Waals surface area contributed by atoms with Crippen molar-refractivity contribution in [1.29, 1.82) is 5.41 Å². The minimum Gasteiger partial charge on any atom is -0.453 e. The first kappa shape index (κ1) is 13.9. The Morgan fingerprint density at radius 2 is 1.82 bits per heavy atom. The molecule has 2 rings (SSSR count). The Balaban J connectivity index is 0.00000144. The zero-order chi connectivity index (χ0) is 11.7. The molecule has 0 aliphatic carbocycles. The van der Waals surface area contributed by atoms with E-state index in [1.807, 2.05) is 0 Å². The van der Waals surface area contributed by atoms with Gasteiger partial charge in [0, 0.05) is 5.56 Å². The number of rotatable bonds is 2. The Kier molecular flexibility index (Phi) is 4.46. The van der Waals surface area contributed by atoms with Gasteiger partial charge >= 0.3 is 0 Å². The maximum atomic E-state index is 7.22. The van der Waals surface area contributed by atoms with E-state index in [1.165, 1.54) is 0 Å². The summed E-state index contributed by atoms with van der Waals surface area (Å²) in [5, 5.41) is 8.17. The molecule has 3 N–H and O–H groups in total. The molecule has 0 amide bonds. The van der Waals surface area contributed by atoms with Crippen LogP contribution in [0.25, 0.3) is 11.3 Å². The lowest BCUT2D eigenvalue weighted by Gasteiger charge is -1.99. The first-order valence-corrected chi connectivity index (χ1v) is 5.23. The molecule has 0 aliphatic rings. The van der Waals surface area contributed by atoms with E-state index < -0.39 is 0 Å². The van der Waals surface area contributed by atoms with E-state index in [9.17, 15) is 0 Å². The van der Waals surface area contributed by atoms with Crippen molar-refractivity contribution in [3.63, 3.8) is 0 Å². The minimum absolute atomic E-state index is 0. The molecule has 0 bridgehead atoms. The van der Waals surface area contributed by atoms with Crippen molar-refractivity contribution in [3.8, 4) is 11.3 Å². The second-order valence-electron chi connectivity index (χ2n) is 3.21. The molecule has 0 saturated carbocycles. The number of nitrogens with one attached hydrogen (secondary N) is 1. The predicted molar refractivity (Wildman–Crippen MR) is 72.4 cm³/mol. The molecule has 0 radical (unpaired) electrons. The number of hydrogen-bond donors (Lipinski definition) is 2. The third-order valence-electron chi connectivity index (χ3n) is 2.08. The van der Waals surface area contributed by atoms with Crippen molar-refractivity contribution in [2.45, 2.75) is 0 Å². The fraction of sp³-hybridized carbons (Fsp3) is 0. The third-order valence-corrected chi connectivity index (χ3v) is 2.81. The molecular weight excluding hydrogens is 282 g/mol. The second kappa shape index (κ2) is 5.45. The zero-order valence-electron chi connectivity index (χ0n) is 8.54. The van der Waals surface area contributed by atoms with Crippen LogP contribution in [0, 0.1) is 5.41 Å². The molecule has 0 atom stereocenters. The highest BCUT2D eigenvalue weighted by molar-refractivity contribution is 6.42. The van der Waals surface area contributed by atoms with E-state index in [0.717, 1.165) is 5.56 Å². The van der Waals surface area contributed by atoms with Gasteiger partial charge in [0.1, 0.15) is 5.76 Å². The molecular formula is C11H9Cl3N2O. The van der Waals surface area contributed by atoms with E-state index in [1.54, 1.807) is 30.3 Å². The molecule has 0 fully saturated rings. The molecule has 1 aromatic carbocycles. The quantitative estimate of drug-likeness (QED) is 0.650. The highest BCUT2D eigenvalue weighted by Gasteiger charge is 2.08. The molecule has 90 valence electrons. The van der Waals surface area contributed by atoms with E-state index >= 15 is 0 Å². The Morgan fingerprint density at radius 1 is 1.12 bits per heavy atom. The van der Waals surface area contributed by atoms with Gasteiger partial charge in [-0.25, -0.2) is 0 Å². The first-order valence-electron chi connectivity index (χ1n) is 4.47. The van der Waals surface area contributed by atoms with E-state index in [2.05, 4.69) is 0 Å². The average Bonchev–Trinajstić information content (AvgIpc) is 2.71. The van der Waals surface area contributed by atoms with E-state index in [-0.39, 0.29) is 18.2 Å². The fourth-order valence-corrected chi connectivity index (χ4v) is 1.59. The zero-order valence-corrected chi connectivity index (χ0v) is 10.9. The van der Waals surface area contributed by atoms with Crippen LogP contribution in [0.15, 0.2) is 34.7 Å². The van der Waals surface area contributed by atoms with Gasteiger partial charge in [-0.2, -0.15) is 0 Å².